The second kappa shape index (κ2) is 8.29. The molecule has 0 saturated carbocycles. The van der Waals surface area contributed by atoms with E-state index in [1.807, 2.05) is 18.2 Å². The average Bonchev–Trinajstić information content (AvgIpc) is 3.17. The number of nitrogens with one attached hydrogen (secondary N) is 2. The van der Waals surface area contributed by atoms with Crippen molar-refractivity contribution in [2.24, 2.45) is 0 Å². The first-order valence-corrected chi connectivity index (χ1v) is 10.2. The van der Waals surface area contributed by atoms with E-state index >= 15 is 0 Å². The van der Waals surface area contributed by atoms with Gasteiger partial charge in [-0.2, -0.15) is 0 Å². The third-order valence-corrected chi connectivity index (χ3v) is 5.76. The molecular formula is C22H26N4O2S. The first-order chi connectivity index (χ1) is 14.1. The van der Waals surface area contributed by atoms with Gasteiger partial charge in [0.2, 0.25) is 0 Å². The van der Waals surface area contributed by atoms with Gasteiger partial charge < -0.3 is 24.7 Å². The summed E-state index contributed by atoms with van der Waals surface area (Å²) < 4.78 is 10.7. The first kappa shape index (κ1) is 19.5. The van der Waals surface area contributed by atoms with E-state index in [0.29, 0.717) is 16.8 Å². The predicted octanol–water partition coefficient (Wildman–Crippen LogP) is 4.46. The van der Waals surface area contributed by atoms with E-state index in [-0.39, 0.29) is 0 Å². The summed E-state index contributed by atoms with van der Waals surface area (Å²) in [7, 11) is 3.28. The van der Waals surface area contributed by atoms with Gasteiger partial charge in [0, 0.05) is 25.1 Å². The molecule has 0 bridgehead atoms. The fourth-order valence-corrected chi connectivity index (χ4v) is 4.09. The van der Waals surface area contributed by atoms with Gasteiger partial charge in [0.25, 0.3) is 0 Å². The lowest BCUT2D eigenvalue weighted by atomic mass is 9.98. The molecule has 0 amide bonds. The Morgan fingerprint density at radius 1 is 1.21 bits per heavy atom. The minimum Gasteiger partial charge on any atom is -0.497 e. The third-order valence-electron chi connectivity index (χ3n) is 5.40. The normalized spacial score (nSPS) is 16.7. The van der Waals surface area contributed by atoms with Gasteiger partial charge in [-0.05, 0) is 61.8 Å². The van der Waals surface area contributed by atoms with Crippen LogP contribution in [0, 0.1) is 6.92 Å². The molecule has 1 atom stereocenters. The molecule has 0 spiro atoms. The van der Waals surface area contributed by atoms with Gasteiger partial charge in [-0.3, -0.25) is 0 Å². The Balaban J connectivity index is 1.48. The fraction of sp³-hybridized carbons (Fsp3) is 0.364. The van der Waals surface area contributed by atoms with Crippen molar-refractivity contribution in [3.05, 3.63) is 47.8 Å². The number of likely N-dealkylation sites (tertiary alicyclic amines) is 1. The van der Waals surface area contributed by atoms with E-state index in [1.54, 1.807) is 14.2 Å². The number of anilines is 1. The van der Waals surface area contributed by atoms with Crippen LogP contribution < -0.4 is 14.8 Å². The molecule has 152 valence electrons. The van der Waals surface area contributed by atoms with Gasteiger partial charge in [0.05, 0.1) is 30.9 Å². The SMILES string of the molecule is COc1ccc(NC(=S)N2CCC[C@H](c3nc4ccc(C)cc4[nH]3)C2)c(OC)c1. The van der Waals surface area contributed by atoms with Gasteiger partial charge >= 0.3 is 0 Å². The molecule has 1 fully saturated rings. The zero-order valence-corrected chi connectivity index (χ0v) is 17.8. The van der Waals surface area contributed by atoms with Crippen LogP contribution in [0.25, 0.3) is 11.0 Å². The number of piperidine rings is 1. The maximum absolute atomic E-state index is 5.71. The van der Waals surface area contributed by atoms with Gasteiger partial charge in [-0.1, -0.05) is 6.07 Å². The van der Waals surface area contributed by atoms with E-state index in [1.165, 1.54) is 5.56 Å². The van der Waals surface area contributed by atoms with Crippen molar-refractivity contribution in [2.45, 2.75) is 25.7 Å². The molecule has 2 aromatic carbocycles. The lowest BCUT2D eigenvalue weighted by molar-refractivity contribution is 0.306. The van der Waals surface area contributed by atoms with Crippen LogP contribution in [-0.4, -0.2) is 47.3 Å². The van der Waals surface area contributed by atoms with Crippen molar-refractivity contribution < 1.29 is 9.47 Å². The van der Waals surface area contributed by atoms with Gasteiger partial charge in [-0.15, -0.1) is 0 Å². The number of nitrogens with zero attached hydrogens (tertiary/aromatic N) is 2. The van der Waals surface area contributed by atoms with Crippen LogP contribution in [0.2, 0.25) is 0 Å². The fourth-order valence-electron chi connectivity index (χ4n) is 3.82. The summed E-state index contributed by atoms with van der Waals surface area (Å²) in [5, 5.41) is 4.03. The molecule has 1 saturated heterocycles. The van der Waals surface area contributed by atoms with Crippen molar-refractivity contribution in [3.8, 4) is 11.5 Å². The van der Waals surface area contributed by atoms with Crippen LogP contribution in [0.15, 0.2) is 36.4 Å². The molecule has 1 aliphatic heterocycles. The van der Waals surface area contributed by atoms with Crippen LogP contribution in [0.1, 0.15) is 30.1 Å². The number of hydrogen-bond acceptors (Lipinski definition) is 4. The second-order valence-corrected chi connectivity index (χ2v) is 7.81. The molecule has 7 heteroatoms. The number of aryl methyl sites for hydroxylation is 1. The van der Waals surface area contributed by atoms with Gasteiger partial charge in [0.15, 0.2) is 5.11 Å². The van der Waals surface area contributed by atoms with E-state index in [0.717, 1.165) is 54.2 Å². The molecule has 0 unspecified atom stereocenters. The summed E-state index contributed by atoms with van der Waals surface area (Å²) in [6, 6.07) is 12.0. The Hall–Kier alpha value is -2.80. The van der Waals surface area contributed by atoms with E-state index < -0.39 is 0 Å². The molecule has 4 rings (SSSR count). The maximum atomic E-state index is 5.71. The van der Waals surface area contributed by atoms with Crippen molar-refractivity contribution in [3.63, 3.8) is 0 Å². The first-order valence-electron chi connectivity index (χ1n) is 9.81. The number of aromatic nitrogens is 2. The number of thiocarbonyl (C=S) groups is 1. The molecule has 2 heterocycles. The Labute approximate surface area is 176 Å². The molecule has 2 N–H and O–H groups in total. The Morgan fingerprint density at radius 3 is 2.86 bits per heavy atom. The summed E-state index contributed by atoms with van der Waals surface area (Å²) in [5.74, 6) is 2.82. The lowest BCUT2D eigenvalue weighted by Crippen LogP contribution is -2.41. The van der Waals surface area contributed by atoms with E-state index in [2.05, 4.69) is 40.3 Å². The summed E-state index contributed by atoms with van der Waals surface area (Å²) >= 11 is 5.71. The molecule has 1 aromatic heterocycles. The monoisotopic (exact) mass is 410 g/mol. The highest BCUT2D eigenvalue weighted by molar-refractivity contribution is 7.80. The van der Waals surface area contributed by atoms with Gasteiger partial charge in [0.1, 0.15) is 17.3 Å². The summed E-state index contributed by atoms with van der Waals surface area (Å²) in [4.78, 5) is 10.5. The second-order valence-electron chi connectivity index (χ2n) is 7.42. The highest BCUT2D eigenvalue weighted by Crippen LogP contribution is 2.31. The van der Waals surface area contributed by atoms with Crippen molar-refractivity contribution >= 4 is 34.1 Å². The highest BCUT2D eigenvalue weighted by Gasteiger charge is 2.25. The minimum absolute atomic E-state index is 0.328. The number of benzene rings is 2. The molecular weight excluding hydrogens is 384 g/mol. The summed E-state index contributed by atoms with van der Waals surface area (Å²) in [6.07, 6.45) is 2.17. The Bertz CT molecular complexity index is 1030. The van der Waals surface area contributed by atoms with E-state index in [4.69, 9.17) is 26.7 Å². The maximum Gasteiger partial charge on any atom is 0.173 e. The number of hydrogen-bond donors (Lipinski definition) is 2. The quantitative estimate of drug-likeness (QED) is 0.619. The molecule has 3 aromatic rings. The zero-order valence-electron chi connectivity index (χ0n) is 17.0. The van der Waals surface area contributed by atoms with Crippen LogP contribution in [0.4, 0.5) is 5.69 Å². The number of imidazole rings is 1. The minimum atomic E-state index is 0.328. The van der Waals surface area contributed by atoms with E-state index in [9.17, 15) is 0 Å². The highest BCUT2D eigenvalue weighted by atomic mass is 32.1. The molecule has 0 radical (unpaired) electrons. The average molecular weight is 411 g/mol. The number of methoxy groups -OCH3 is 2. The van der Waals surface area contributed by atoms with Crippen molar-refractivity contribution in [2.75, 3.05) is 32.6 Å². The van der Waals surface area contributed by atoms with Crippen LogP contribution >= 0.6 is 12.2 Å². The Morgan fingerprint density at radius 2 is 2.07 bits per heavy atom. The zero-order chi connectivity index (χ0) is 20.4. The van der Waals surface area contributed by atoms with Crippen molar-refractivity contribution in [1.29, 1.82) is 0 Å². The van der Waals surface area contributed by atoms with Crippen LogP contribution in [0.5, 0.6) is 11.5 Å². The van der Waals surface area contributed by atoms with Crippen molar-refractivity contribution in [1.82, 2.24) is 14.9 Å². The summed E-state index contributed by atoms with van der Waals surface area (Å²) in [5.41, 5.74) is 4.18. The number of aromatic amines is 1. The topological polar surface area (TPSA) is 62.4 Å². The standard InChI is InChI=1S/C22H26N4O2S/c1-14-6-8-17-19(11-14)24-21(23-17)15-5-4-10-26(13-15)22(29)25-18-9-7-16(27-2)12-20(18)28-3/h6-9,11-12,15H,4-5,10,13H2,1-3H3,(H,23,24)(H,25,29)/t15-/m0/s1. The largest absolute Gasteiger partial charge is 0.497 e. The number of fused-ring (bicyclic) bond motifs is 1. The molecule has 0 aliphatic carbocycles. The number of H-pyrrole nitrogens is 1. The van der Waals surface area contributed by atoms with Gasteiger partial charge in [-0.25, -0.2) is 4.98 Å². The molecule has 6 nitrogen and oxygen atoms in total. The third kappa shape index (κ3) is 4.15. The Kier molecular flexibility index (Phi) is 5.58. The van der Waals surface area contributed by atoms with Crippen LogP contribution in [-0.2, 0) is 0 Å². The number of rotatable bonds is 4. The molecule has 1 aliphatic rings. The van der Waals surface area contributed by atoms with Crippen LogP contribution in [0.3, 0.4) is 0 Å². The summed E-state index contributed by atoms with van der Waals surface area (Å²) in [6.45, 7) is 3.86. The molecule has 29 heavy (non-hydrogen) atoms. The number of ether oxygens (including phenoxy) is 2. The predicted molar refractivity (Wildman–Crippen MR) is 120 cm³/mol. The lowest BCUT2D eigenvalue weighted by Gasteiger charge is -2.34. The smallest absolute Gasteiger partial charge is 0.173 e.